The molecular weight excluding hydrogens is 448 g/mol. The molecule has 0 saturated carbocycles. The van der Waals surface area contributed by atoms with Crippen LogP contribution in [-0.2, 0) is 5.41 Å². The molecular formula is C32H24O4. The van der Waals surface area contributed by atoms with Crippen LogP contribution in [-0.4, -0.2) is 22.5 Å². The molecule has 4 aromatic carbocycles. The van der Waals surface area contributed by atoms with Crippen LogP contribution in [0.1, 0.15) is 66.2 Å². The van der Waals surface area contributed by atoms with Gasteiger partial charge in [0.1, 0.15) is 0 Å². The van der Waals surface area contributed by atoms with Gasteiger partial charge in [0.25, 0.3) is 0 Å². The molecule has 0 saturated heterocycles. The largest absolute Gasteiger partial charge is 0.388 e. The number of ketones is 3. The highest BCUT2D eigenvalue weighted by Gasteiger charge is 2.66. The zero-order valence-corrected chi connectivity index (χ0v) is 19.5. The van der Waals surface area contributed by atoms with Crippen molar-refractivity contribution in [2.75, 3.05) is 0 Å². The smallest absolute Gasteiger partial charge is 0.175 e. The van der Waals surface area contributed by atoms with Crippen molar-refractivity contribution in [2.24, 2.45) is 5.92 Å². The molecule has 0 amide bonds. The van der Waals surface area contributed by atoms with E-state index in [1.807, 2.05) is 54.6 Å². The van der Waals surface area contributed by atoms with E-state index in [-0.39, 0.29) is 23.8 Å². The van der Waals surface area contributed by atoms with Crippen LogP contribution < -0.4 is 0 Å². The van der Waals surface area contributed by atoms with Gasteiger partial charge in [-0.15, -0.1) is 0 Å². The first kappa shape index (κ1) is 22.3. The number of carbonyl (C=O) groups excluding carboxylic acids is 3. The average molecular weight is 473 g/mol. The first-order chi connectivity index (χ1) is 17.5. The molecule has 176 valence electrons. The lowest BCUT2D eigenvalue weighted by Gasteiger charge is -2.37. The van der Waals surface area contributed by atoms with E-state index < -0.39 is 23.4 Å². The van der Waals surface area contributed by atoms with Crippen molar-refractivity contribution in [3.63, 3.8) is 0 Å². The molecule has 0 fully saturated rings. The second-order valence-corrected chi connectivity index (χ2v) is 9.57. The molecule has 4 atom stereocenters. The van der Waals surface area contributed by atoms with Crippen LogP contribution in [0.2, 0.25) is 0 Å². The first-order valence-electron chi connectivity index (χ1n) is 12.1. The van der Waals surface area contributed by atoms with E-state index in [0.29, 0.717) is 27.8 Å². The summed E-state index contributed by atoms with van der Waals surface area (Å²) in [6.45, 7) is 0. The number of benzene rings is 4. The summed E-state index contributed by atoms with van der Waals surface area (Å²) in [5, 5.41) is 11.6. The Morgan fingerprint density at radius 2 is 1.25 bits per heavy atom. The number of rotatable bonds is 5. The van der Waals surface area contributed by atoms with Gasteiger partial charge in [0, 0.05) is 29.0 Å². The molecule has 0 unspecified atom stereocenters. The second-order valence-electron chi connectivity index (χ2n) is 9.57. The maximum absolute atomic E-state index is 14.4. The van der Waals surface area contributed by atoms with Crippen LogP contribution in [0, 0.1) is 5.92 Å². The summed E-state index contributed by atoms with van der Waals surface area (Å²) in [6.07, 6.45) is -1.12. The minimum absolute atomic E-state index is 0.0480. The number of aliphatic hydroxyl groups is 1. The first-order valence-corrected chi connectivity index (χ1v) is 12.1. The summed E-state index contributed by atoms with van der Waals surface area (Å²) in [5.41, 5.74) is 2.09. The van der Waals surface area contributed by atoms with Crippen LogP contribution in [0.4, 0.5) is 0 Å². The summed E-state index contributed by atoms with van der Waals surface area (Å²) in [7, 11) is 0. The van der Waals surface area contributed by atoms with Gasteiger partial charge in [0.2, 0.25) is 0 Å². The van der Waals surface area contributed by atoms with Crippen LogP contribution in [0.5, 0.6) is 0 Å². The van der Waals surface area contributed by atoms with E-state index >= 15 is 0 Å². The quantitative estimate of drug-likeness (QED) is 0.377. The maximum atomic E-state index is 14.4. The number of aliphatic hydroxyl groups excluding tert-OH is 1. The Balaban J connectivity index is 1.59. The van der Waals surface area contributed by atoms with Gasteiger partial charge in [-0.1, -0.05) is 109 Å². The zero-order chi connectivity index (χ0) is 24.9. The Labute approximate surface area is 209 Å². The van der Waals surface area contributed by atoms with Crippen LogP contribution in [0.3, 0.4) is 0 Å². The molecule has 4 nitrogen and oxygen atoms in total. The number of hydrogen-bond acceptors (Lipinski definition) is 4. The molecule has 36 heavy (non-hydrogen) atoms. The van der Waals surface area contributed by atoms with Crippen molar-refractivity contribution in [1.82, 2.24) is 0 Å². The van der Waals surface area contributed by atoms with Crippen molar-refractivity contribution in [3.8, 4) is 0 Å². The van der Waals surface area contributed by atoms with Crippen LogP contribution >= 0.6 is 0 Å². The zero-order valence-electron chi connectivity index (χ0n) is 19.5. The highest BCUT2D eigenvalue weighted by Crippen LogP contribution is 2.63. The lowest BCUT2D eigenvalue weighted by molar-refractivity contribution is 0.0448. The fraction of sp³-hybridized carbons (Fsp3) is 0.156. The van der Waals surface area contributed by atoms with E-state index in [0.717, 1.165) is 5.56 Å². The van der Waals surface area contributed by atoms with Crippen molar-refractivity contribution >= 4 is 17.3 Å². The van der Waals surface area contributed by atoms with E-state index in [1.54, 1.807) is 54.6 Å². The molecule has 6 rings (SSSR count). The summed E-state index contributed by atoms with van der Waals surface area (Å²) < 4.78 is 0. The SMILES string of the molecule is O=C(C[C@H]1c2ccccc2C(=O)[C@@]12c1ccccc1[C@@H](O)[C@@H]2C(=O)c1ccccc1)c1ccccc1. The van der Waals surface area contributed by atoms with Gasteiger partial charge in [0.05, 0.1) is 17.4 Å². The molecule has 0 radical (unpaired) electrons. The van der Waals surface area contributed by atoms with Gasteiger partial charge < -0.3 is 5.11 Å². The number of fused-ring (bicyclic) bond motifs is 3. The summed E-state index contributed by atoms with van der Waals surface area (Å²) in [6, 6.07) is 32.4. The standard InChI is InChI=1S/C32H24O4/c33-27(20-11-3-1-4-12-20)19-26-22-15-7-8-16-23(22)31(36)32(26)25-18-10-9-17-24(25)30(35)28(32)29(34)21-13-5-2-6-14-21/h1-18,26,28,30,35H,19H2/t26-,28-,30+,32-/m0/s1. The molecule has 1 N–H and O–H groups in total. The van der Waals surface area contributed by atoms with Gasteiger partial charge in [-0.2, -0.15) is 0 Å². The lowest BCUT2D eigenvalue weighted by Crippen LogP contribution is -2.46. The fourth-order valence-electron chi connectivity index (χ4n) is 6.36. The Bertz CT molecular complexity index is 1490. The minimum Gasteiger partial charge on any atom is -0.388 e. The van der Waals surface area contributed by atoms with E-state index in [9.17, 15) is 19.5 Å². The number of hydrogen-bond donors (Lipinski definition) is 1. The second kappa shape index (κ2) is 8.51. The number of Topliss-reactive ketones (excluding diaryl/α,β-unsaturated/α-hetero) is 3. The highest BCUT2D eigenvalue weighted by atomic mass is 16.3. The fourth-order valence-corrected chi connectivity index (χ4v) is 6.36. The normalized spacial score (nSPS) is 23.9. The molecule has 0 heterocycles. The van der Waals surface area contributed by atoms with E-state index in [4.69, 9.17) is 0 Å². The van der Waals surface area contributed by atoms with Gasteiger partial charge >= 0.3 is 0 Å². The summed E-state index contributed by atoms with van der Waals surface area (Å²) in [5.74, 6) is -2.25. The third-order valence-corrected chi connectivity index (χ3v) is 7.86. The van der Waals surface area contributed by atoms with E-state index in [2.05, 4.69) is 0 Å². The Hall–Kier alpha value is -4.15. The van der Waals surface area contributed by atoms with Gasteiger partial charge in [-0.25, -0.2) is 0 Å². The third kappa shape index (κ3) is 3.08. The molecule has 4 heteroatoms. The van der Waals surface area contributed by atoms with Gasteiger partial charge in [-0.3, -0.25) is 14.4 Å². The molecule has 4 aromatic rings. The average Bonchev–Trinajstić information content (AvgIpc) is 3.34. The third-order valence-electron chi connectivity index (χ3n) is 7.86. The monoisotopic (exact) mass is 472 g/mol. The van der Waals surface area contributed by atoms with Crippen LogP contribution in [0.15, 0.2) is 109 Å². The maximum Gasteiger partial charge on any atom is 0.175 e. The predicted molar refractivity (Wildman–Crippen MR) is 136 cm³/mol. The Morgan fingerprint density at radius 3 is 1.94 bits per heavy atom. The highest BCUT2D eigenvalue weighted by molar-refractivity contribution is 6.16. The molecule has 0 aromatic heterocycles. The van der Waals surface area contributed by atoms with Gasteiger partial charge in [0.15, 0.2) is 17.3 Å². The molecule has 2 aliphatic carbocycles. The van der Waals surface area contributed by atoms with Crippen molar-refractivity contribution < 1.29 is 19.5 Å². The Morgan fingerprint density at radius 1 is 0.694 bits per heavy atom. The molecule has 1 spiro atoms. The lowest BCUT2D eigenvalue weighted by atomic mass is 9.62. The summed E-state index contributed by atoms with van der Waals surface area (Å²) in [4.78, 5) is 42.1. The van der Waals surface area contributed by atoms with Gasteiger partial charge in [-0.05, 0) is 16.7 Å². The topological polar surface area (TPSA) is 71.4 Å². The number of carbonyl (C=O) groups is 3. The van der Waals surface area contributed by atoms with Crippen molar-refractivity contribution in [2.45, 2.75) is 23.9 Å². The van der Waals surface area contributed by atoms with Crippen LogP contribution in [0.25, 0.3) is 0 Å². The summed E-state index contributed by atoms with van der Waals surface area (Å²) >= 11 is 0. The minimum atomic E-state index is -1.38. The predicted octanol–water partition coefficient (Wildman–Crippen LogP) is 5.72. The Kier molecular flexibility index (Phi) is 5.27. The van der Waals surface area contributed by atoms with Crippen molar-refractivity contribution in [3.05, 3.63) is 143 Å². The van der Waals surface area contributed by atoms with E-state index in [1.165, 1.54) is 0 Å². The molecule has 0 bridgehead atoms. The molecule has 0 aliphatic heterocycles. The molecule has 2 aliphatic rings. The van der Waals surface area contributed by atoms with Crippen molar-refractivity contribution in [1.29, 1.82) is 0 Å².